The number of rotatable bonds is 5. The molecule has 0 atom stereocenters. The number of nitrogens with zero attached hydrogens (tertiary/aromatic N) is 2. The minimum absolute atomic E-state index is 0.0550. The molecule has 0 bridgehead atoms. The van der Waals surface area contributed by atoms with Gasteiger partial charge in [-0.1, -0.05) is 29.8 Å². The summed E-state index contributed by atoms with van der Waals surface area (Å²) in [5.41, 5.74) is 4.58. The van der Waals surface area contributed by atoms with Crippen molar-refractivity contribution in [2.45, 2.75) is 20.4 Å². The molecule has 1 aliphatic heterocycles. The molecule has 5 heteroatoms. The first kappa shape index (κ1) is 18.9. The van der Waals surface area contributed by atoms with Crippen molar-refractivity contribution < 1.29 is 4.79 Å². The van der Waals surface area contributed by atoms with Gasteiger partial charge in [-0.2, -0.15) is 0 Å². The fourth-order valence-electron chi connectivity index (χ4n) is 3.18. The van der Waals surface area contributed by atoms with Crippen molar-refractivity contribution in [1.29, 1.82) is 0 Å². The Morgan fingerprint density at radius 1 is 0.962 bits per heavy atom. The third-order valence-corrected chi connectivity index (χ3v) is 5.19. The SMILES string of the molecule is Cc1ccc(NC(=O)CN2CCN(Cc3ccc(Cl)cc3)CC2)cc1C. The molecular formula is C21H26ClN3O. The average Bonchev–Trinajstić information content (AvgIpc) is 2.62. The first-order chi connectivity index (χ1) is 12.5. The van der Waals surface area contributed by atoms with E-state index in [4.69, 9.17) is 11.6 Å². The smallest absolute Gasteiger partial charge is 0.238 e. The second-order valence-corrected chi connectivity index (χ2v) is 7.46. The van der Waals surface area contributed by atoms with E-state index in [1.807, 2.05) is 30.3 Å². The van der Waals surface area contributed by atoms with Gasteiger partial charge in [0.1, 0.15) is 0 Å². The second kappa shape index (κ2) is 8.67. The highest BCUT2D eigenvalue weighted by molar-refractivity contribution is 6.30. The number of hydrogen-bond acceptors (Lipinski definition) is 3. The molecule has 0 aliphatic carbocycles. The lowest BCUT2D eigenvalue weighted by molar-refractivity contribution is -0.117. The van der Waals surface area contributed by atoms with Crippen LogP contribution in [-0.2, 0) is 11.3 Å². The highest BCUT2D eigenvalue weighted by atomic mass is 35.5. The third-order valence-electron chi connectivity index (χ3n) is 4.94. The summed E-state index contributed by atoms with van der Waals surface area (Å²) in [6.45, 7) is 9.28. The average molecular weight is 372 g/mol. The zero-order valence-corrected chi connectivity index (χ0v) is 16.2. The summed E-state index contributed by atoms with van der Waals surface area (Å²) < 4.78 is 0. The molecule has 1 N–H and O–H groups in total. The van der Waals surface area contributed by atoms with Crippen LogP contribution in [-0.4, -0.2) is 48.4 Å². The Hall–Kier alpha value is -1.88. The molecule has 4 nitrogen and oxygen atoms in total. The Kier molecular flexibility index (Phi) is 6.30. The Morgan fingerprint density at radius 2 is 1.62 bits per heavy atom. The molecule has 0 radical (unpaired) electrons. The number of carbonyl (C=O) groups is 1. The number of anilines is 1. The van der Waals surface area contributed by atoms with Gasteiger partial charge in [-0.25, -0.2) is 0 Å². The maximum Gasteiger partial charge on any atom is 0.238 e. The van der Waals surface area contributed by atoms with E-state index in [1.165, 1.54) is 16.7 Å². The van der Waals surface area contributed by atoms with Crippen LogP contribution in [0, 0.1) is 13.8 Å². The van der Waals surface area contributed by atoms with Crippen molar-refractivity contribution in [3.63, 3.8) is 0 Å². The van der Waals surface area contributed by atoms with E-state index in [1.54, 1.807) is 0 Å². The van der Waals surface area contributed by atoms with Crippen LogP contribution in [0.15, 0.2) is 42.5 Å². The van der Waals surface area contributed by atoms with Gasteiger partial charge in [-0.15, -0.1) is 0 Å². The van der Waals surface area contributed by atoms with Crippen LogP contribution >= 0.6 is 11.6 Å². The van der Waals surface area contributed by atoms with Gasteiger partial charge in [0.15, 0.2) is 0 Å². The van der Waals surface area contributed by atoms with Crippen molar-refractivity contribution in [3.05, 3.63) is 64.2 Å². The van der Waals surface area contributed by atoms with Gasteiger partial charge in [0, 0.05) is 43.4 Å². The molecule has 0 saturated carbocycles. The topological polar surface area (TPSA) is 35.6 Å². The molecular weight excluding hydrogens is 346 g/mol. The van der Waals surface area contributed by atoms with E-state index < -0.39 is 0 Å². The summed E-state index contributed by atoms with van der Waals surface area (Å²) in [6.07, 6.45) is 0. The molecule has 26 heavy (non-hydrogen) atoms. The van der Waals surface area contributed by atoms with Crippen LogP contribution in [0.1, 0.15) is 16.7 Å². The van der Waals surface area contributed by atoms with E-state index in [2.05, 4.69) is 41.1 Å². The number of carbonyl (C=O) groups excluding carboxylic acids is 1. The number of nitrogens with one attached hydrogen (secondary N) is 1. The van der Waals surface area contributed by atoms with Crippen molar-refractivity contribution in [2.75, 3.05) is 38.0 Å². The lowest BCUT2D eigenvalue weighted by atomic mass is 10.1. The Bertz CT molecular complexity index is 752. The van der Waals surface area contributed by atoms with Gasteiger partial charge in [0.25, 0.3) is 0 Å². The molecule has 2 aromatic carbocycles. The van der Waals surface area contributed by atoms with Gasteiger partial charge in [-0.05, 0) is 54.8 Å². The van der Waals surface area contributed by atoms with E-state index in [0.29, 0.717) is 6.54 Å². The molecule has 1 saturated heterocycles. The summed E-state index contributed by atoms with van der Waals surface area (Å²) in [6, 6.07) is 14.0. The normalized spacial score (nSPS) is 15.8. The minimum Gasteiger partial charge on any atom is -0.325 e. The standard InChI is InChI=1S/C21H26ClN3O/c1-16-3-8-20(13-17(16)2)23-21(26)15-25-11-9-24(10-12-25)14-18-4-6-19(22)7-5-18/h3-8,13H,9-12,14-15H2,1-2H3,(H,23,26). The number of benzene rings is 2. The van der Waals surface area contributed by atoms with Crippen LogP contribution in [0.5, 0.6) is 0 Å². The first-order valence-electron chi connectivity index (χ1n) is 9.06. The van der Waals surface area contributed by atoms with E-state index >= 15 is 0 Å². The van der Waals surface area contributed by atoms with Gasteiger partial charge in [0.05, 0.1) is 6.54 Å². The minimum atomic E-state index is 0.0550. The Labute approximate surface area is 160 Å². The van der Waals surface area contributed by atoms with Crippen LogP contribution in [0.3, 0.4) is 0 Å². The zero-order valence-electron chi connectivity index (χ0n) is 15.5. The summed E-state index contributed by atoms with van der Waals surface area (Å²) in [5, 5.41) is 3.78. The molecule has 1 aliphatic rings. The predicted octanol–water partition coefficient (Wildman–Crippen LogP) is 3.71. The summed E-state index contributed by atoms with van der Waals surface area (Å²) in [5.74, 6) is 0.0550. The van der Waals surface area contributed by atoms with Crippen LogP contribution < -0.4 is 5.32 Å². The van der Waals surface area contributed by atoms with Gasteiger partial charge >= 0.3 is 0 Å². The van der Waals surface area contributed by atoms with Crippen molar-refractivity contribution >= 4 is 23.2 Å². The van der Waals surface area contributed by atoms with Crippen LogP contribution in [0.2, 0.25) is 5.02 Å². The summed E-state index contributed by atoms with van der Waals surface area (Å²) >= 11 is 5.94. The van der Waals surface area contributed by atoms with Crippen LogP contribution in [0.25, 0.3) is 0 Å². The largest absolute Gasteiger partial charge is 0.325 e. The molecule has 138 valence electrons. The molecule has 1 fully saturated rings. The molecule has 1 amide bonds. The number of amides is 1. The maximum absolute atomic E-state index is 12.3. The highest BCUT2D eigenvalue weighted by Crippen LogP contribution is 2.15. The van der Waals surface area contributed by atoms with Crippen LogP contribution in [0.4, 0.5) is 5.69 Å². The molecule has 3 rings (SSSR count). The second-order valence-electron chi connectivity index (χ2n) is 7.03. The van der Waals surface area contributed by atoms with E-state index in [9.17, 15) is 4.79 Å². The lowest BCUT2D eigenvalue weighted by Crippen LogP contribution is -2.48. The molecule has 0 aromatic heterocycles. The van der Waals surface area contributed by atoms with Gasteiger partial charge < -0.3 is 5.32 Å². The zero-order chi connectivity index (χ0) is 18.5. The predicted molar refractivity (Wildman–Crippen MR) is 108 cm³/mol. The number of piperazine rings is 1. The van der Waals surface area contributed by atoms with Crippen molar-refractivity contribution in [1.82, 2.24) is 9.80 Å². The highest BCUT2D eigenvalue weighted by Gasteiger charge is 2.19. The molecule has 2 aromatic rings. The molecule has 1 heterocycles. The van der Waals surface area contributed by atoms with E-state index in [-0.39, 0.29) is 5.91 Å². The number of aryl methyl sites for hydroxylation is 2. The Morgan fingerprint density at radius 3 is 2.27 bits per heavy atom. The number of hydrogen-bond donors (Lipinski definition) is 1. The van der Waals surface area contributed by atoms with Crippen molar-refractivity contribution in [2.24, 2.45) is 0 Å². The van der Waals surface area contributed by atoms with Gasteiger partial charge in [0.2, 0.25) is 5.91 Å². The monoisotopic (exact) mass is 371 g/mol. The fourth-order valence-corrected chi connectivity index (χ4v) is 3.30. The number of halogens is 1. The summed E-state index contributed by atoms with van der Waals surface area (Å²) in [7, 11) is 0. The first-order valence-corrected chi connectivity index (χ1v) is 9.43. The fraction of sp³-hybridized carbons (Fsp3) is 0.381. The van der Waals surface area contributed by atoms with Gasteiger partial charge in [-0.3, -0.25) is 14.6 Å². The van der Waals surface area contributed by atoms with Crippen molar-refractivity contribution in [3.8, 4) is 0 Å². The maximum atomic E-state index is 12.3. The van der Waals surface area contributed by atoms with E-state index in [0.717, 1.165) is 43.4 Å². The lowest BCUT2D eigenvalue weighted by Gasteiger charge is -2.34. The third kappa shape index (κ3) is 5.31. The molecule has 0 unspecified atom stereocenters. The summed E-state index contributed by atoms with van der Waals surface area (Å²) in [4.78, 5) is 16.9. The molecule has 0 spiro atoms. The Balaban J connectivity index is 1.43. The quantitative estimate of drug-likeness (QED) is 0.870.